The van der Waals surface area contributed by atoms with Crippen molar-refractivity contribution < 1.29 is 9.15 Å². The second-order valence-electron chi connectivity index (χ2n) is 15.8. The zero-order chi connectivity index (χ0) is 39.3. The number of furan rings is 1. The minimum atomic E-state index is 0.823. The van der Waals surface area contributed by atoms with Crippen LogP contribution in [0.4, 0.5) is 17.1 Å². The number of hydrogen-bond acceptors (Lipinski definition) is 3. The Labute approximate surface area is 345 Å². The van der Waals surface area contributed by atoms with Gasteiger partial charge in [-0.15, -0.1) is 0 Å². The average Bonchev–Trinajstić information content (AvgIpc) is 3.84. The number of ether oxygens (including phenoxy) is 1. The van der Waals surface area contributed by atoms with E-state index in [9.17, 15) is 0 Å². The van der Waals surface area contributed by atoms with Crippen LogP contribution in [0.25, 0.3) is 93.2 Å². The van der Waals surface area contributed by atoms with Crippen molar-refractivity contribution in [3.05, 3.63) is 206 Å². The van der Waals surface area contributed by atoms with Crippen LogP contribution in [0.2, 0.25) is 0 Å². The third-order valence-corrected chi connectivity index (χ3v) is 12.3. The SMILES string of the molecule is c1ccc(-c2cccc(N3c4ccccc4Oc4cc(-c5ccc6c(c5)c5ccccc5n6-c5ccc6cc7cc8c(cc7cc6c5)oc5ccccc58)ccc43)c2)cc1. The molecule has 10 aromatic carbocycles. The fourth-order valence-corrected chi connectivity index (χ4v) is 9.45. The van der Waals surface area contributed by atoms with Gasteiger partial charge in [-0.05, 0) is 141 Å². The lowest BCUT2D eigenvalue weighted by Gasteiger charge is -2.33. The number of para-hydroxylation sites is 4. The third kappa shape index (κ3) is 5.04. The van der Waals surface area contributed by atoms with E-state index in [-0.39, 0.29) is 0 Å². The first-order chi connectivity index (χ1) is 29.7. The summed E-state index contributed by atoms with van der Waals surface area (Å²) in [5, 5.41) is 9.50. The molecule has 0 fully saturated rings. The summed E-state index contributed by atoms with van der Waals surface area (Å²) in [5.41, 5.74) is 13.0. The van der Waals surface area contributed by atoms with Crippen LogP contribution in [-0.2, 0) is 0 Å². The van der Waals surface area contributed by atoms with E-state index in [1.807, 2.05) is 18.2 Å². The summed E-state index contributed by atoms with van der Waals surface area (Å²) in [6.07, 6.45) is 0. The van der Waals surface area contributed by atoms with Gasteiger partial charge in [-0.25, -0.2) is 0 Å². The van der Waals surface area contributed by atoms with Crippen LogP contribution in [0.1, 0.15) is 0 Å². The zero-order valence-electron chi connectivity index (χ0n) is 32.3. The molecule has 4 heteroatoms. The molecule has 0 atom stereocenters. The molecule has 3 heterocycles. The number of benzene rings is 10. The molecule has 0 saturated carbocycles. The highest BCUT2D eigenvalue weighted by atomic mass is 16.5. The van der Waals surface area contributed by atoms with Crippen molar-refractivity contribution in [3.63, 3.8) is 0 Å². The summed E-state index contributed by atoms with van der Waals surface area (Å²) in [4.78, 5) is 2.31. The van der Waals surface area contributed by atoms with Crippen molar-refractivity contribution in [3.8, 4) is 39.4 Å². The molecule has 0 amide bonds. The molecule has 0 bridgehead atoms. The summed E-state index contributed by atoms with van der Waals surface area (Å²) in [7, 11) is 0. The first kappa shape index (κ1) is 32.9. The molecule has 0 N–H and O–H groups in total. The molecule has 4 nitrogen and oxygen atoms in total. The number of aromatic nitrogens is 1. The van der Waals surface area contributed by atoms with E-state index in [0.29, 0.717) is 0 Å². The molecular formula is C56H34N2O2. The minimum Gasteiger partial charge on any atom is -0.456 e. The summed E-state index contributed by atoms with van der Waals surface area (Å²) in [6, 6.07) is 73.9. The molecule has 1 aliphatic heterocycles. The highest BCUT2D eigenvalue weighted by Crippen LogP contribution is 2.52. The maximum atomic E-state index is 6.67. The van der Waals surface area contributed by atoms with Crippen LogP contribution in [0.3, 0.4) is 0 Å². The van der Waals surface area contributed by atoms with Crippen molar-refractivity contribution >= 4 is 82.4 Å². The lowest BCUT2D eigenvalue weighted by molar-refractivity contribution is 0.477. The summed E-state index contributed by atoms with van der Waals surface area (Å²) in [5.74, 6) is 1.65. The fourth-order valence-electron chi connectivity index (χ4n) is 9.45. The van der Waals surface area contributed by atoms with Crippen LogP contribution in [-0.4, -0.2) is 4.57 Å². The molecule has 0 saturated heterocycles. The molecule has 280 valence electrons. The Bertz CT molecular complexity index is 3710. The Hall–Kier alpha value is -8.08. The minimum absolute atomic E-state index is 0.823. The van der Waals surface area contributed by atoms with Crippen molar-refractivity contribution in [2.45, 2.75) is 0 Å². The Kier molecular flexibility index (Phi) is 6.98. The van der Waals surface area contributed by atoms with Crippen molar-refractivity contribution in [1.82, 2.24) is 4.57 Å². The Morgan fingerprint density at radius 3 is 1.97 bits per heavy atom. The van der Waals surface area contributed by atoms with Gasteiger partial charge in [0.1, 0.15) is 11.2 Å². The average molecular weight is 767 g/mol. The largest absolute Gasteiger partial charge is 0.456 e. The molecule has 0 aliphatic carbocycles. The topological polar surface area (TPSA) is 30.5 Å². The monoisotopic (exact) mass is 766 g/mol. The Morgan fingerprint density at radius 2 is 1.02 bits per heavy atom. The van der Waals surface area contributed by atoms with Crippen molar-refractivity contribution in [1.29, 1.82) is 0 Å². The predicted molar refractivity (Wildman–Crippen MR) is 249 cm³/mol. The van der Waals surface area contributed by atoms with Gasteiger partial charge in [0.05, 0.1) is 22.4 Å². The third-order valence-electron chi connectivity index (χ3n) is 12.3. The number of fused-ring (bicyclic) bond motifs is 10. The van der Waals surface area contributed by atoms with E-state index in [4.69, 9.17) is 9.15 Å². The predicted octanol–water partition coefficient (Wildman–Crippen LogP) is 15.9. The van der Waals surface area contributed by atoms with Gasteiger partial charge >= 0.3 is 0 Å². The molecule has 12 aromatic rings. The van der Waals surface area contributed by atoms with Gasteiger partial charge in [0.15, 0.2) is 11.5 Å². The zero-order valence-corrected chi connectivity index (χ0v) is 32.3. The maximum Gasteiger partial charge on any atom is 0.152 e. The summed E-state index contributed by atoms with van der Waals surface area (Å²) in [6.45, 7) is 0. The summed E-state index contributed by atoms with van der Waals surface area (Å²) >= 11 is 0. The van der Waals surface area contributed by atoms with E-state index in [2.05, 4.69) is 198 Å². The summed E-state index contributed by atoms with van der Waals surface area (Å²) < 4.78 is 15.3. The van der Waals surface area contributed by atoms with Crippen LogP contribution in [0.15, 0.2) is 211 Å². The van der Waals surface area contributed by atoms with Gasteiger partial charge in [0.2, 0.25) is 0 Å². The molecule has 0 spiro atoms. The van der Waals surface area contributed by atoms with Gasteiger partial charge in [0, 0.05) is 32.9 Å². The van der Waals surface area contributed by atoms with Gasteiger partial charge in [-0.1, -0.05) is 109 Å². The Balaban J connectivity index is 0.910. The molecule has 13 rings (SSSR count). The molecular weight excluding hydrogens is 733 g/mol. The smallest absolute Gasteiger partial charge is 0.152 e. The molecule has 1 aliphatic rings. The number of rotatable bonds is 4. The van der Waals surface area contributed by atoms with E-state index in [0.717, 1.165) is 72.8 Å². The highest BCUT2D eigenvalue weighted by molar-refractivity contribution is 6.13. The van der Waals surface area contributed by atoms with Gasteiger partial charge in [-0.3, -0.25) is 0 Å². The van der Waals surface area contributed by atoms with Gasteiger partial charge in [-0.2, -0.15) is 0 Å². The van der Waals surface area contributed by atoms with Crippen molar-refractivity contribution in [2.75, 3.05) is 4.90 Å². The van der Waals surface area contributed by atoms with Gasteiger partial charge in [0.25, 0.3) is 0 Å². The van der Waals surface area contributed by atoms with Gasteiger partial charge < -0.3 is 18.6 Å². The first-order valence-electron chi connectivity index (χ1n) is 20.4. The quantitative estimate of drug-likeness (QED) is 0.167. The molecule has 60 heavy (non-hydrogen) atoms. The number of nitrogens with zero attached hydrogens (tertiary/aromatic N) is 2. The maximum absolute atomic E-state index is 6.67. The van der Waals surface area contributed by atoms with Crippen LogP contribution in [0, 0.1) is 0 Å². The second kappa shape index (κ2) is 12.7. The lowest BCUT2D eigenvalue weighted by atomic mass is 10.00. The number of anilines is 3. The first-order valence-corrected chi connectivity index (χ1v) is 20.4. The van der Waals surface area contributed by atoms with Crippen LogP contribution in [0.5, 0.6) is 11.5 Å². The highest BCUT2D eigenvalue weighted by Gasteiger charge is 2.26. The normalized spacial score (nSPS) is 12.4. The molecule has 0 unspecified atom stereocenters. The molecule has 0 radical (unpaired) electrons. The Morgan fingerprint density at radius 1 is 0.317 bits per heavy atom. The fraction of sp³-hybridized carbons (Fsp3) is 0. The van der Waals surface area contributed by atoms with E-state index >= 15 is 0 Å². The molecule has 2 aromatic heterocycles. The van der Waals surface area contributed by atoms with Crippen molar-refractivity contribution in [2.24, 2.45) is 0 Å². The van der Waals surface area contributed by atoms with E-state index in [1.165, 1.54) is 49.0 Å². The standard InChI is InChI=1S/C56H34N2O2/c1-2-11-35(12-3-1)36-13-10-14-43(29-36)58-51-18-7-9-20-54(51)60-56-33-39(23-26-52(56)58)38-22-25-50-47(31-38)45-15-4-6-17-49(45)57(50)44-24-21-37-27-41-32-48-46-16-5-8-19-53(46)59-55(48)34-42(41)28-40(37)30-44/h1-34H. The van der Waals surface area contributed by atoms with E-state index in [1.54, 1.807) is 0 Å². The van der Waals surface area contributed by atoms with E-state index < -0.39 is 0 Å². The van der Waals surface area contributed by atoms with Crippen LogP contribution < -0.4 is 9.64 Å². The number of hydrogen-bond donors (Lipinski definition) is 0. The lowest BCUT2D eigenvalue weighted by Crippen LogP contribution is -2.15. The van der Waals surface area contributed by atoms with Crippen LogP contribution >= 0.6 is 0 Å². The second-order valence-corrected chi connectivity index (χ2v) is 15.8.